The zero-order chi connectivity index (χ0) is 23.8. The molecule has 33 heavy (non-hydrogen) atoms. The van der Waals surface area contributed by atoms with Gasteiger partial charge in [-0.25, -0.2) is 4.79 Å². The third kappa shape index (κ3) is 7.72. The number of piperazine rings is 1. The SMILES string of the molecule is Cl.NC(=O)CN1CCN(C(=O)[C@@H](N=C=O)C2CCC(CN=C(N)N)CC2)C(CC(=O)O)C1=O. The fraction of sp³-hybridized carbons (Fsp3) is 0.684. The van der Waals surface area contributed by atoms with Crippen LogP contribution in [0.5, 0.6) is 0 Å². The molecule has 14 heteroatoms. The maximum absolute atomic E-state index is 13.3. The van der Waals surface area contributed by atoms with Crippen molar-refractivity contribution in [1.82, 2.24) is 9.80 Å². The van der Waals surface area contributed by atoms with Crippen LogP contribution in [0.1, 0.15) is 32.1 Å². The minimum absolute atomic E-state index is 0. The van der Waals surface area contributed by atoms with E-state index in [1.54, 1.807) is 0 Å². The summed E-state index contributed by atoms with van der Waals surface area (Å²) in [6.07, 6.45) is 3.43. The van der Waals surface area contributed by atoms with Crippen molar-refractivity contribution >= 4 is 48.1 Å². The number of guanidine groups is 1. The highest BCUT2D eigenvalue weighted by atomic mass is 35.5. The Labute approximate surface area is 196 Å². The van der Waals surface area contributed by atoms with Crippen LogP contribution in [0.2, 0.25) is 0 Å². The molecule has 0 spiro atoms. The average Bonchev–Trinajstić information content (AvgIpc) is 2.73. The highest BCUT2D eigenvalue weighted by Gasteiger charge is 2.43. The second-order valence-electron chi connectivity index (χ2n) is 8.08. The van der Waals surface area contributed by atoms with Gasteiger partial charge in [0, 0.05) is 19.6 Å². The quantitative estimate of drug-likeness (QED) is 0.165. The topological polar surface area (TPSA) is 215 Å². The van der Waals surface area contributed by atoms with Crippen LogP contribution in [0.4, 0.5) is 0 Å². The fourth-order valence-electron chi connectivity index (χ4n) is 4.32. The lowest BCUT2D eigenvalue weighted by Gasteiger charge is -2.41. The summed E-state index contributed by atoms with van der Waals surface area (Å²) in [5, 5.41) is 9.25. The molecule has 0 radical (unpaired) electrons. The summed E-state index contributed by atoms with van der Waals surface area (Å²) in [6, 6.07) is -2.38. The molecule has 184 valence electrons. The van der Waals surface area contributed by atoms with Gasteiger partial charge in [-0.3, -0.25) is 24.2 Å². The summed E-state index contributed by atoms with van der Waals surface area (Å²) in [7, 11) is 0. The molecule has 3 amide bonds. The third-order valence-corrected chi connectivity index (χ3v) is 5.90. The Morgan fingerprint density at radius 1 is 1.12 bits per heavy atom. The Bertz CT molecular complexity index is 819. The molecule has 13 nitrogen and oxygen atoms in total. The largest absolute Gasteiger partial charge is 0.481 e. The zero-order valence-corrected chi connectivity index (χ0v) is 18.9. The van der Waals surface area contributed by atoms with Crippen molar-refractivity contribution in [2.75, 3.05) is 26.2 Å². The van der Waals surface area contributed by atoms with E-state index in [2.05, 4.69) is 9.98 Å². The van der Waals surface area contributed by atoms with E-state index in [9.17, 15) is 29.1 Å². The summed E-state index contributed by atoms with van der Waals surface area (Å²) >= 11 is 0. The summed E-state index contributed by atoms with van der Waals surface area (Å²) < 4.78 is 0. The molecule has 0 bridgehead atoms. The molecule has 0 aromatic rings. The van der Waals surface area contributed by atoms with Gasteiger partial charge in [0.1, 0.15) is 12.1 Å². The van der Waals surface area contributed by atoms with Crippen molar-refractivity contribution in [3.63, 3.8) is 0 Å². The number of nitrogens with zero attached hydrogens (tertiary/aromatic N) is 4. The van der Waals surface area contributed by atoms with Crippen LogP contribution in [0.15, 0.2) is 9.98 Å². The molecule has 2 fully saturated rings. The van der Waals surface area contributed by atoms with Crippen molar-refractivity contribution in [1.29, 1.82) is 0 Å². The van der Waals surface area contributed by atoms with Gasteiger partial charge in [0.2, 0.25) is 23.8 Å². The third-order valence-electron chi connectivity index (χ3n) is 5.90. The molecule has 1 saturated carbocycles. The average molecular weight is 488 g/mol. The predicted molar refractivity (Wildman–Crippen MR) is 119 cm³/mol. The van der Waals surface area contributed by atoms with Gasteiger partial charge in [0.15, 0.2) is 5.96 Å². The van der Waals surface area contributed by atoms with E-state index < -0.39 is 42.2 Å². The van der Waals surface area contributed by atoms with Gasteiger partial charge in [-0.1, -0.05) is 0 Å². The molecule has 7 N–H and O–H groups in total. The molecule has 1 unspecified atom stereocenters. The van der Waals surface area contributed by atoms with Gasteiger partial charge in [0.05, 0.1) is 13.0 Å². The number of isocyanates is 1. The Morgan fingerprint density at radius 2 is 1.76 bits per heavy atom. The zero-order valence-electron chi connectivity index (χ0n) is 18.1. The second kappa shape index (κ2) is 12.8. The molecule has 0 aromatic carbocycles. The number of hydrogen-bond donors (Lipinski definition) is 4. The monoisotopic (exact) mass is 487 g/mol. The number of halogens is 1. The molecule has 1 heterocycles. The molecule has 0 aromatic heterocycles. The van der Waals surface area contributed by atoms with E-state index in [1.807, 2.05) is 0 Å². The van der Waals surface area contributed by atoms with E-state index in [0.717, 1.165) is 22.6 Å². The van der Waals surface area contributed by atoms with Gasteiger partial charge >= 0.3 is 5.97 Å². The van der Waals surface area contributed by atoms with Crippen molar-refractivity contribution in [3.8, 4) is 0 Å². The Hall–Kier alpha value is -3.18. The van der Waals surface area contributed by atoms with Crippen LogP contribution in [0.25, 0.3) is 0 Å². The van der Waals surface area contributed by atoms with Crippen LogP contribution < -0.4 is 17.2 Å². The molecule has 2 aliphatic rings. The van der Waals surface area contributed by atoms with Crippen LogP contribution in [-0.2, 0) is 24.0 Å². The van der Waals surface area contributed by atoms with Crippen molar-refractivity contribution in [2.45, 2.75) is 44.2 Å². The van der Waals surface area contributed by atoms with Crippen LogP contribution in [0, 0.1) is 11.8 Å². The van der Waals surface area contributed by atoms with E-state index in [1.165, 1.54) is 6.08 Å². The Balaban J connectivity index is 0.00000544. The van der Waals surface area contributed by atoms with Gasteiger partial charge < -0.3 is 32.1 Å². The molecule has 1 aliphatic heterocycles. The number of carboxylic acid groups (broad SMARTS) is 1. The summed E-state index contributed by atoms with van der Waals surface area (Å²) in [6.45, 7) is 0.126. The maximum atomic E-state index is 13.3. The normalized spacial score (nSPS) is 23.5. The van der Waals surface area contributed by atoms with Crippen molar-refractivity contribution in [2.24, 2.45) is 39.0 Å². The molecular formula is C19H30ClN7O6. The maximum Gasteiger partial charge on any atom is 0.305 e. The first-order valence-electron chi connectivity index (χ1n) is 10.4. The smallest absolute Gasteiger partial charge is 0.305 e. The second-order valence-corrected chi connectivity index (χ2v) is 8.08. The van der Waals surface area contributed by atoms with Gasteiger partial charge in [-0.15, -0.1) is 12.4 Å². The molecular weight excluding hydrogens is 458 g/mol. The summed E-state index contributed by atoms with van der Waals surface area (Å²) in [4.78, 5) is 69.7. The van der Waals surface area contributed by atoms with E-state index in [-0.39, 0.29) is 49.8 Å². The molecule has 1 saturated heterocycles. The lowest BCUT2D eigenvalue weighted by atomic mass is 9.78. The minimum Gasteiger partial charge on any atom is -0.481 e. The summed E-state index contributed by atoms with van der Waals surface area (Å²) in [5.74, 6) is -3.31. The van der Waals surface area contributed by atoms with Crippen LogP contribution >= 0.6 is 12.4 Å². The highest BCUT2D eigenvalue weighted by Crippen LogP contribution is 2.33. The number of nitrogens with two attached hydrogens (primary N) is 3. The van der Waals surface area contributed by atoms with E-state index in [0.29, 0.717) is 19.4 Å². The fourth-order valence-corrected chi connectivity index (χ4v) is 4.32. The molecule has 1 aliphatic carbocycles. The lowest BCUT2D eigenvalue weighted by Crippen LogP contribution is -2.62. The first-order valence-corrected chi connectivity index (χ1v) is 10.4. The molecule has 2 rings (SSSR count). The van der Waals surface area contributed by atoms with E-state index in [4.69, 9.17) is 17.2 Å². The number of carbonyl (C=O) groups excluding carboxylic acids is 4. The number of amides is 3. The van der Waals surface area contributed by atoms with Crippen LogP contribution in [0.3, 0.4) is 0 Å². The predicted octanol–water partition coefficient (Wildman–Crippen LogP) is -1.81. The van der Waals surface area contributed by atoms with Crippen LogP contribution in [-0.4, -0.2) is 88.9 Å². The summed E-state index contributed by atoms with van der Waals surface area (Å²) in [5.41, 5.74) is 15.9. The first kappa shape index (κ1) is 27.9. The highest BCUT2D eigenvalue weighted by molar-refractivity contribution is 5.95. The van der Waals surface area contributed by atoms with E-state index >= 15 is 0 Å². The number of rotatable bonds is 9. The van der Waals surface area contributed by atoms with Gasteiger partial charge in [0.25, 0.3) is 0 Å². The lowest BCUT2D eigenvalue weighted by molar-refractivity contribution is -0.157. The molecule has 2 atom stereocenters. The standard InChI is InChI=1S/C19H29N7O6.ClH/c20-14(28)9-25-5-6-26(13(17(25)31)7-15(29)30)18(32)16(24-10-27)12-3-1-11(2-4-12)8-23-19(21)22;/h11-13,16H,1-9H2,(H2,20,28)(H,29,30)(H4,21,22,23);1H/t11?,12?,13?,16-;/m0./s1. The number of carbonyl (C=O) groups is 4. The number of aliphatic imine (C=N–C) groups is 2. The Kier molecular flexibility index (Phi) is 10.8. The first-order chi connectivity index (χ1) is 15.1. The number of primary amides is 1. The number of aliphatic carboxylic acids is 1. The Morgan fingerprint density at radius 3 is 2.27 bits per heavy atom. The van der Waals surface area contributed by atoms with Crippen molar-refractivity contribution in [3.05, 3.63) is 0 Å². The van der Waals surface area contributed by atoms with Gasteiger partial charge in [-0.2, -0.15) is 4.99 Å². The minimum atomic E-state index is -1.31. The number of carboxylic acids is 1. The van der Waals surface area contributed by atoms with Gasteiger partial charge in [-0.05, 0) is 37.5 Å². The number of hydrogen-bond acceptors (Lipinski definition) is 7. The van der Waals surface area contributed by atoms with Crippen molar-refractivity contribution < 1.29 is 29.1 Å².